The zero-order valence-electron chi connectivity index (χ0n) is 8.05. The maximum Gasteiger partial charge on any atom is 0.411 e. The monoisotopic (exact) mass is 223 g/mol. The van der Waals surface area contributed by atoms with Gasteiger partial charge in [0.25, 0.3) is 0 Å². The predicted molar refractivity (Wildman–Crippen MR) is 44.8 cm³/mol. The number of ether oxygens (including phenoxy) is 1. The summed E-state index contributed by atoms with van der Waals surface area (Å²) < 4.78 is 40.0. The van der Waals surface area contributed by atoms with E-state index in [-0.39, 0.29) is 12.8 Å². The minimum atomic E-state index is -4.32. The van der Waals surface area contributed by atoms with E-state index in [1.165, 1.54) is 0 Å². The Morgan fingerprint density at radius 1 is 1.40 bits per heavy atom. The Morgan fingerprint density at radius 2 is 1.93 bits per heavy atom. The molecule has 0 aromatic rings. The van der Waals surface area contributed by atoms with Crippen molar-refractivity contribution < 1.29 is 23.0 Å². The fourth-order valence-corrected chi connectivity index (χ4v) is 1.56. The lowest BCUT2D eigenvalue weighted by Crippen LogP contribution is -2.36. The highest BCUT2D eigenvalue weighted by Gasteiger charge is 2.35. The first-order chi connectivity index (χ1) is 6.85. The van der Waals surface area contributed by atoms with E-state index in [9.17, 15) is 18.3 Å². The van der Waals surface area contributed by atoms with Crippen LogP contribution in [0, 0.1) is 11.3 Å². The Labute approximate surface area is 85.4 Å². The molecule has 6 heteroatoms. The first-order valence-corrected chi connectivity index (χ1v) is 4.67. The number of nitrogens with zero attached hydrogens (tertiary/aromatic N) is 1. The molecule has 1 N–H and O–H groups in total. The van der Waals surface area contributed by atoms with E-state index in [2.05, 4.69) is 4.74 Å². The van der Waals surface area contributed by atoms with E-state index >= 15 is 0 Å². The van der Waals surface area contributed by atoms with Crippen LogP contribution in [-0.2, 0) is 4.74 Å². The third kappa shape index (κ3) is 4.06. The zero-order valence-corrected chi connectivity index (χ0v) is 8.05. The Balaban J connectivity index is 2.30. The van der Waals surface area contributed by atoms with Crippen LogP contribution in [0.25, 0.3) is 0 Å². The largest absolute Gasteiger partial charge is 0.411 e. The normalized spacial score (nSPS) is 32.3. The van der Waals surface area contributed by atoms with Crippen LogP contribution >= 0.6 is 0 Å². The topological polar surface area (TPSA) is 53.2 Å². The molecule has 0 aliphatic heterocycles. The zero-order chi connectivity index (χ0) is 11.5. The third-order valence-electron chi connectivity index (χ3n) is 2.45. The maximum absolute atomic E-state index is 11.8. The van der Waals surface area contributed by atoms with Gasteiger partial charge in [0.15, 0.2) is 5.60 Å². The fraction of sp³-hybridized carbons (Fsp3) is 0.889. The first-order valence-electron chi connectivity index (χ1n) is 4.67. The number of alkyl halides is 3. The molecule has 0 radical (unpaired) electrons. The molecule has 15 heavy (non-hydrogen) atoms. The lowest BCUT2D eigenvalue weighted by atomic mass is 9.84. The highest BCUT2D eigenvalue weighted by Crippen LogP contribution is 2.30. The average molecular weight is 223 g/mol. The van der Waals surface area contributed by atoms with Crippen LogP contribution in [-0.4, -0.2) is 29.6 Å². The molecule has 0 atom stereocenters. The molecule has 0 bridgehead atoms. The Morgan fingerprint density at radius 3 is 2.33 bits per heavy atom. The second kappa shape index (κ2) is 4.37. The average Bonchev–Trinajstić information content (AvgIpc) is 2.16. The van der Waals surface area contributed by atoms with Crippen LogP contribution in [0.15, 0.2) is 0 Å². The summed E-state index contributed by atoms with van der Waals surface area (Å²) in [6, 6.07) is 1.75. The number of nitriles is 1. The molecule has 0 aromatic heterocycles. The molecule has 1 saturated carbocycles. The summed E-state index contributed by atoms with van der Waals surface area (Å²) in [6.07, 6.45) is -3.89. The van der Waals surface area contributed by atoms with Gasteiger partial charge in [0.2, 0.25) is 0 Å². The van der Waals surface area contributed by atoms with Crippen LogP contribution in [0.4, 0.5) is 13.2 Å². The van der Waals surface area contributed by atoms with Gasteiger partial charge in [0, 0.05) is 0 Å². The SMILES string of the molecule is N#CC1(O)CCC(OCC(F)(F)F)CC1. The van der Waals surface area contributed by atoms with E-state index < -0.39 is 24.5 Å². The summed E-state index contributed by atoms with van der Waals surface area (Å²) in [5.41, 5.74) is -1.38. The van der Waals surface area contributed by atoms with Gasteiger partial charge in [0.05, 0.1) is 12.2 Å². The van der Waals surface area contributed by atoms with Crippen molar-refractivity contribution in [3.8, 4) is 6.07 Å². The van der Waals surface area contributed by atoms with Crippen molar-refractivity contribution in [1.82, 2.24) is 0 Å². The lowest BCUT2D eigenvalue weighted by molar-refractivity contribution is -0.190. The fourth-order valence-electron chi connectivity index (χ4n) is 1.56. The van der Waals surface area contributed by atoms with Gasteiger partial charge in [-0.1, -0.05) is 0 Å². The van der Waals surface area contributed by atoms with E-state index in [0.29, 0.717) is 12.8 Å². The third-order valence-corrected chi connectivity index (χ3v) is 2.45. The van der Waals surface area contributed by atoms with Gasteiger partial charge in [-0.2, -0.15) is 18.4 Å². The number of rotatable bonds is 2. The molecule has 0 unspecified atom stereocenters. The van der Waals surface area contributed by atoms with E-state index in [4.69, 9.17) is 5.26 Å². The highest BCUT2D eigenvalue weighted by molar-refractivity contribution is 5.02. The van der Waals surface area contributed by atoms with Gasteiger partial charge >= 0.3 is 6.18 Å². The molecule has 0 spiro atoms. The summed E-state index contributed by atoms with van der Waals surface area (Å²) in [5.74, 6) is 0. The lowest BCUT2D eigenvalue weighted by Gasteiger charge is -2.30. The molecule has 3 nitrogen and oxygen atoms in total. The molecule has 1 fully saturated rings. The quantitative estimate of drug-likeness (QED) is 0.726. The minimum Gasteiger partial charge on any atom is -0.375 e. The first kappa shape index (κ1) is 12.3. The van der Waals surface area contributed by atoms with Gasteiger partial charge in [0.1, 0.15) is 6.61 Å². The van der Waals surface area contributed by atoms with Crippen molar-refractivity contribution in [2.75, 3.05) is 6.61 Å². The molecule has 1 aliphatic rings. The standard InChI is InChI=1S/C9H12F3NO2/c10-9(11,12)6-15-7-1-3-8(14,5-13)4-2-7/h7,14H,1-4,6H2. The van der Waals surface area contributed by atoms with Gasteiger partial charge in [-0.25, -0.2) is 0 Å². The van der Waals surface area contributed by atoms with Crippen molar-refractivity contribution in [3.05, 3.63) is 0 Å². The van der Waals surface area contributed by atoms with E-state index in [1.807, 2.05) is 0 Å². The maximum atomic E-state index is 11.8. The summed E-state index contributed by atoms with van der Waals surface area (Å²) >= 11 is 0. The van der Waals surface area contributed by atoms with Crippen LogP contribution in [0.5, 0.6) is 0 Å². The molecule has 86 valence electrons. The van der Waals surface area contributed by atoms with Gasteiger partial charge in [-0.05, 0) is 25.7 Å². The predicted octanol–water partition coefficient (Wildman–Crippen LogP) is 1.76. The van der Waals surface area contributed by atoms with Crippen molar-refractivity contribution in [1.29, 1.82) is 5.26 Å². The Kier molecular flexibility index (Phi) is 3.58. The Hall–Kier alpha value is -0.800. The molecule has 0 aromatic carbocycles. The molecular formula is C9H12F3NO2. The molecule has 0 heterocycles. The van der Waals surface area contributed by atoms with Gasteiger partial charge in [-0.3, -0.25) is 0 Å². The van der Waals surface area contributed by atoms with E-state index in [1.54, 1.807) is 6.07 Å². The van der Waals surface area contributed by atoms with E-state index in [0.717, 1.165) is 0 Å². The smallest absolute Gasteiger partial charge is 0.375 e. The second-order valence-corrected chi connectivity index (χ2v) is 3.77. The summed E-state index contributed by atoms with van der Waals surface area (Å²) in [7, 11) is 0. The van der Waals surface area contributed by atoms with Crippen LogP contribution in [0.2, 0.25) is 0 Å². The van der Waals surface area contributed by atoms with Crippen molar-refractivity contribution in [2.24, 2.45) is 0 Å². The highest BCUT2D eigenvalue weighted by atomic mass is 19.4. The summed E-state index contributed by atoms with van der Waals surface area (Å²) in [4.78, 5) is 0. The summed E-state index contributed by atoms with van der Waals surface area (Å²) in [5, 5.41) is 18.1. The van der Waals surface area contributed by atoms with Crippen molar-refractivity contribution in [3.63, 3.8) is 0 Å². The van der Waals surface area contributed by atoms with Crippen molar-refractivity contribution >= 4 is 0 Å². The van der Waals surface area contributed by atoms with Gasteiger partial charge in [-0.15, -0.1) is 0 Å². The molecule has 0 amide bonds. The van der Waals surface area contributed by atoms with Gasteiger partial charge < -0.3 is 9.84 Å². The number of halogens is 3. The minimum absolute atomic E-state index is 0.173. The number of aliphatic hydroxyl groups is 1. The molecular weight excluding hydrogens is 211 g/mol. The van der Waals surface area contributed by atoms with Crippen LogP contribution in [0.3, 0.4) is 0 Å². The number of hydrogen-bond donors (Lipinski definition) is 1. The Bertz CT molecular complexity index is 251. The molecule has 0 saturated heterocycles. The second-order valence-electron chi connectivity index (χ2n) is 3.77. The summed E-state index contributed by atoms with van der Waals surface area (Å²) in [6.45, 7) is -1.26. The van der Waals surface area contributed by atoms with Crippen molar-refractivity contribution in [2.45, 2.75) is 43.6 Å². The molecule has 1 rings (SSSR count). The van der Waals surface area contributed by atoms with Crippen LogP contribution < -0.4 is 0 Å². The van der Waals surface area contributed by atoms with Crippen LogP contribution in [0.1, 0.15) is 25.7 Å². The molecule has 1 aliphatic carbocycles. The number of hydrogen-bond acceptors (Lipinski definition) is 3.